The highest BCUT2D eigenvalue weighted by atomic mass is 16.5. The van der Waals surface area contributed by atoms with Gasteiger partial charge in [0.1, 0.15) is 0 Å². The highest BCUT2D eigenvalue weighted by Crippen LogP contribution is 2.16. The number of methoxy groups -OCH3 is 1. The maximum absolute atomic E-state index is 12.1. The van der Waals surface area contributed by atoms with Crippen LogP contribution in [0.2, 0.25) is 0 Å². The molecule has 1 aliphatic heterocycles. The smallest absolute Gasteiger partial charge is 0.239 e. The second-order valence-corrected chi connectivity index (χ2v) is 4.97. The van der Waals surface area contributed by atoms with E-state index in [4.69, 9.17) is 4.74 Å². The molecule has 6 heteroatoms. The predicted molar refractivity (Wildman–Crippen MR) is 78.7 cm³/mol. The van der Waals surface area contributed by atoms with Crippen molar-refractivity contribution < 1.29 is 14.3 Å². The Bertz CT molecular complexity index is 505. The highest BCUT2D eigenvalue weighted by molar-refractivity contribution is 5.87. The summed E-state index contributed by atoms with van der Waals surface area (Å²) in [5.41, 5.74) is 2.40. The lowest BCUT2D eigenvalue weighted by atomic mass is 9.95. The van der Waals surface area contributed by atoms with Crippen molar-refractivity contribution in [3.63, 3.8) is 0 Å². The fourth-order valence-corrected chi connectivity index (χ4v) is 2.29. The van der Waals surface area contributed by atoms with Crippen LogP contribution in [-0.2, 0) is 27.3 Å². The number of benzene rings is 1. The summed E-state index contributed by atoms with van der Waals surface area (Å²) < 4.78 is 4.83. The first-order valence-electron chi connectivity index (χ1n) is 7.04. The van der Waals surface area contributed by atoms with Gasteiger partial charge in [-0.05, 0) is 17.5 Å². The Morgan fingerprint density at radius 2 is 2.05 bits per heavy atom. The minimum absolute atomic E-state index is 0.0115. The molecule has 1 heterocycles. The van der Waals surface area contributed by atoms with Crippen molar-refractivity contribution in [1.29, 1.82) is 0 Å². The molecule has 2 amide bonds. The Morgan fingerprint density at radius 3 is 2.81 bits per heavy atom. The average Bonchev–Trinajstić information content (AvgIpc) is 2.52. The van der Waals surface area contributed by atoms with E-state index in [1.807, 2.05) is 18.2 Å². The molecule has 0 fully saturated rings. The molecule has 0 saturated heterocycles. The summed E-state index contributed by atoms with van der Waals surface area (Å²) >= 11 is 0. The Morgan fingerprint density at radius 1 is 1.29 bits per heavy atom. The lowest BCUT2D eigenvalue weighted by Gasteiger charge is -2.25. The van der Waals surface area contributed by atoms with Crippen molar-refractivity contribution in [3.8, 4) is 0 Å². The molecule has 1 aliphatic rings. The summed E-state index contributed by atoms with van der Waals surface area (Å²) in [4.78, 5) is 23.6. The van der Waals surface area contributed by atoms with Crippen LogP contribution < -0.4 is 16.0 Å². The Hall–Kier alpha value is -1.92. The largest absolute Gasteiger partial charge is 0.383 e. The number of fused-ring (bicyclic) bond motifs is 1. The van der Waals surface area contributed by atoms with Crippen molar-refractivity contribution in [3.05, 3.63) is 35.4 Å². The first kappa shape index (κ1) is 15.5. The molecule has 114 valence electrons. The number of rotatable bonds is 6. The van der Waals surface area contributed by atoms with Crippen LogP contribution in [0, 0.1) is 0 Å². The molecular weight excluding hydrogens is 270 g/mol. The zero-order valence-electron chi connectivity index (χ0n) is 12.1. The summed E-state index contributed by atoms with van der Waals surface area (Å²) in [6, 6.07) is 7.77. The van der Waals surface area contributed by atoms with Gasteiger partial charge in [0.05, 0.1) is 19.2 Å². The molecular formula is C15H21N3O3. The topological polar surface area (TPSA) is 79.5 Å². The van der Waals surface area contributed by atoms with E-state index in [-0.39, 0.29) is 24.4 Å². The Labute approximate surface area is 124 Å². The van der Waals surface area contributed by atoms with Gasteiger partial charge in [0.2, 0.25) is 11.8 Å². The van der Waals surface area contributed by atoms with E-state index in [9.17, 15) is 9.59 Å². The van der Waals surface area contributed by atoms with Gasteiger partial charge in [-0.3, -0.25) is 9.59 Å². The van der Waals surface area contributed by atoms with E-state index >= 15 is 0 Å². The molecule has 0 unspecified atom stereocenters. The van der Waals surface area contributed by atoms with Crippen molar-refractivity contribution in [1.82, 2.24) is 16.0 Å². The Balaban J connectivity index is 1.76. The molecule has 1 aromatic carbocycles. The number of carbonyl (C=O) groups is 2. The fourth-order valence-electron chi connectivity index (χ4n) is 2.29. The summed E-state index contributed by atoms with van der Waals surface area (Å²) in [5.74, 6) is -0.358. The van der Waals surface area contributed by atoms with Crippen LogP contribution in [0.25, 0.3) is 0 Å². The molecule has 3 N–H and O–H groups in total. The molecule has 6 nitrogen and oxygen atoms in total. The third kappa shape index (κ3) is 4.54. The second kappa shape index (κ2) is 7.75. The fraction of sp³-hybridized carbons (Fsp3) is 0.467. The van der Waals surface area contributed by atoms with Crippen LogP contribution in [0.4, 0.5) is 0 Å². The van der Waals surface area contributed by atoms with Crippen molar-refractivity contribution in [2.75, 3.05) is 26.8 Å². The van der Waals surface area contributed by atoms with Crippen molar-refractivity contribution in [2.45, 2.75) is 19.0 Å². The SMILES string of the molecule is COCCNC(=O)CNC(=O)[C@H]1Cc2ccccc2CN1. The van der Waals surface area contributed by atoms with Gasteiger partial charge in [-0.1, -0.05) is 24.3 Å². The van der Waals surface area contributed by atoms with Crippen molar-refractivity contribution >= 4 is 11.8 Å². The summed E-state index contributed by atoms with van der Waals surface area (Å²) in [5, 5.41) is 8.50. The molecule has 21 heavy (non-hydrogen) atoms. The lowest BCUT2D eigenvalue weighted by Crippen LogP contribution is -2.49. The molecule has 0 bridgehead atoms. The molecule has 1 aromatic rings. The first-order valence-corrected chi connectivity index (χ1v) is 7.04. The van der Waals surface area contributed by atoms with Gasteiger partial charge >= 0.3 is 0 Å². The summed E-state index contributed by atoms with van der Waals surface area (Å²) in [6.45, 7) is 1.57. The normalized spacial score (nSPS) is 16.9. The van der Waals surface area contributed by atoms with Gasteiger partial charge in [-0.15, -0.1) is 0 Å². The third-order valence-corrected chi connectivity index (χ3v) is 3.45. The molecule has 1 atom stereocenters. The quantitative estimate of drug-likeness (QED) is 0.622. The van der Waals surface area contributed by atoms with E-state index in [0.29, 0.717) is 26.1 Å². The summed E-state index contributed by atoms with van der Waals surface area (Å²) in [7, 11) is 1.57. The van der Waals surface area contributed by atoms with Gasteiger partial charge in [0, 0.05) is 20.2 Å². The van der Waals surface area contributed by atoms with E-state index in [0.717, 1.165) is 0 Å². The molecule has 0 radical (unpaired) electrons. The molecule has 2 rings (SSSR count). The van der Waals surface area contributed by atoms with E-state index in [1.165, 1.54) is 11.1 Å². The van der Waals surface area contributed by atoms with Crippen LogP contribution in [0.1, 0.15) is 11.1 Å². The molecule has 0 spiro atoms. The molecule has 0 aromatic heterocycles. The minimum atomic E-state index is -0.285. The zero-order valence-corrected chi connectivity index (χ0v) is 12.1. The van der Waals surface area contributed by atoms with Gasteiger partial charge in [-0.2, -0.15) is 0 Å². The van der Waals surface area contributed by atoms with E-state index < -0.39 is 0 Å². The van der Waals surface area contributed by atoms with Crippen LogP contribution in [-0.4, -0.2) is 44.7 Å². The highest BCUT2D eigenvalue weighted by Gasteiger charge is 2.23. The zero-order chi connectivity index (χ0) is 15.1. The maximum Gasteiger partial charge on any atom is 0.239 e. The average molecular weight is 291 g/mol. The number of nitrogens with one attached hydrogen (secondary N) is 3. The predicted octanol–water partition coefficient (Wildman–Crippen LogP) is -0.420. The first-order chi connectivity index (χ1) is 10.2. The standard InChI is InChI=1S/C15H21N3O3/c1-21-7-6-16-14(19)10-18-15(20)13-8-11-4-2-3-5-12(11)9-17-13/h2-5,13,17H,6-10H2,1H3,(H,16,19)(H,18,20)/t13-/m1/s1. The van der Waals surface area contributed by atoms with Crippen LogP contribution in [0.3, 0.4) is 0 Å². The van der Waals surface area contributed by atoms with Crippen LogP contribution >= 0.6 is 0 Å². The van der Waals surface area contributed by atoms with Gasteiger partial charge < -0.3 is 20.7 Å². The Kier molecular flexibility index (Phi) is 5.71. The van der Waals surface area contributed by atoms with Gasteiger partial charge in [-0.25, -0.2) is 0 Å². The number of amides is 2. The number of hydrogen-bond donors (Lipinski definition) is 3. The summed E-state index contributed by atoms with van der Waals surface area (Å²) in [6.07, 6.45) is 0.646. The number of hydrogen-bond acceptors (Lipinski definition) is 4. The maximum atomic E-state index is 12.1. The molecule has 0 saturated carbocycles. The number of ether oxygens (including phenoxy) is 1. The van der Waals surface area contributed by atoms with Gasteiger partial charge in [0.25, 0.3) is 0 Å². The van der Waals surface area contributed by atoms with Crippen LogP contribution in [0.15, 0.2) is 24.3 Å². The van der Waals surface area contributed by atoms with E-state index in [1.54, 1.807) is 7.11 Å². The van der Waals surface area contributed by atoms with Crippen molar-refractivity contribution in [2.24, 2.45) is 0 Å². The number of carbonyl (C=O) groups excluding carboxylic acids is 2. The monoisotopic (exact) mass is 291 g/mol. The van der Waals surface area contributed by atoms with Gasteiger partial charge in [0.15, 0.2) is 0 Å². The minimum Gasteiger partial charge on any atom is -0.383 e. The lowest BCUT2D eigenvalue weighted by molar-refractivity contribution is -0.127. The molecule has 0 aliphatic carbocycles. The van der Waals surface area contributed by atoms with Crippen LogP contribution in [0.5, 0.6) is 0 Å². The third-order valence-electron chi connectivity index (χ3n) is 3.45. The second-order valence-electron chi connectivity index (χ2n) is 4.97. The van der Waals surface area contributed by atoms with E-state index in [2.05, 4.69) is 22.0 Å².